The third-order valence-electron chi connectivity index (χ3n) is 4.41. The Hall–Kier alpha value is -3.68. The van der Waals surface area contributed by atoms with Crippen LogP contribution in [0.2, 0.25) is 0 Å². The van der Waals surface area contributed by atoms with Gasteiger partial charge in [0.1, 0.15) is 17.6 Å². The number of hydrogen-bond donors (Lipinski definition) is 3. The predicted molar refractivity (Wildman–Crippen MR) is 97.2 cm³/mol. The summed E-state index contributed by atoms with van der Waals surface area (Å²) in [5.74, 6) is -0.0934. The smallest absolute Gasteiger partial charge is 0.248 e. The SMILES string of the molecule is CC1=C(C(N)=O)C(c2cccc(O)c2)n2nc(-c3ccc(F)cc3)nc2N1. The van der Waals surface area contributed by atoms with Crippen LogP contribution in [0.4, 0.5) is 10.3 Å². The van der Waals surface area contributed by atoms with Crippen LogP contribution in [0.5, 0.6) is 5.75 Å². The van der Waals surface area contributed by atoms with Gasteiger partial charge in [-0.3, -0.25) is 4.79 Å². The van der Waals surface area contributed by atoms with Crippen LogP contribution in [0.1, 0.15) is 18.5 Å². The lowest BCUT2D eigenvalue weighted by atomic mass is 9.95. The molecule has 0 bridgehead atoms. The van der Waals surface area contributed by atoms with E-state index in [9.17, 15) is 14.3 Å². The molecule has 1 amide bonds. The number of rotatable bonds is 3. The van der Waals surface area contributed by atoms with Crippen LogP contribution in [0.15, 0.2) is 59.8 Å². The minimum Gasteiger partial charge on any atom is -0.508 e. The molecule has 0 fully saturated rings. The first-order valence-corrected chi connectivity index (χ1v) is 8.23. The third kappa shape index (κ3) is 2.91. The molecule has 0 saturated heterocycles. The van der Waals surface area contributed by atoms with Crippen molar-refractivity contribution >= 4 is 11.9 Å². The maximum atomic E-state index is 13.2. The molecule has 1 aliphatic heterocycles. The highest BCUT2D eigenvalue weighted by atomic mass is 19.1. The Morgan fingerprint density at radius 3 is 2.67 bits per heavy atom. The van der Waals surface area contributed by atoms with Crippen LogP contribution in [-0.2, 0) is 4.79 Å². The van der Waals surface area contributed by atoms with Crippen LogP contribution >= 0.6 is 0 Å². The van der Waals surface area contributed by atoms with Crippen LogP contribution in [-0.4, -0.2) is 25.8 Å². The topological polar surface area (TPSA) is 106 Å². The Morgan fingerprint density at radius 1 is 1.26 bits per heavy atom. The zero-order valence-electron chi connectivity index (χ0n) is 14.3. The van der Waals surface area contributed by atoms with Gasteiger partial charge in [-0.25, -0.2) is 9.07 Å². The summed E-state index contributed by atoms with van der Waals surface area (Å²) in [5.41, 5.74) is 7.76. The number of nitrogens with two attached hydrogens (primary N) is 1. The molecule has 2 heterocycles. The number of amides is 1. The first kappa shape index (κ1) is 16.8. The number of primary amides is 1. The second kappa shape index (κ2) is 6.24. The summed E-state index contributed by atoms with van der Waals surface area (Å²) in [5, 5.41) is 17.4. The van der Waals surface area contributed by atoms with Gasteiger partial charge in [-0.05, 0) is 48.9 Å². The number of phenols is 1. The Kier molecular flexibility index (Phi) is 3.88. The first-order chi connectivity index (χ1) is 12.9. The summed E-state index contributed by atoms with van der Waals surface area (Å²) in [6.45, 7) is 1.73. The van der Waals surface area contributed by atoms with Gasteiger partial charge in [0, 0.05) is 11.3 Å². The van der Waals surface area contributed by atoms with E-state index in [2.05, 4.69) is 15.4 Å². The van der Waals surface area contributed by atoms with E-state index in [4.69, 9.17) is 5.73 Å². The molecule has 3 aromatic rings. The summed E-state index contributed by atoms with van der Waals surface area (Å²) in [7, 11) is 0. The van der Waals surface area contributed by atoms with E-state index in [0.717, 1.165) is 0 Å². The van der Waals surface area contributed by atoms with E-state index in [1.807, 2.05) is 0 Å². The van der Waals surface area contributed by atoms with Gasteiger partial charge in [0.05, 0.1) is 5.57 Å². The molecule has 2 aromatic carbocycles. The van der Waals surface area contributed by atoms with Crippen LogP contribution in [0.3, 0.4) is 0 Å². The molecule has 0 saturated carbocycles. The van der Waals surface area contributed by atoms with Crippen molar-refractivity contribution < 1.29 is 14.3 Å². The van der Waals surface area contributed by atoms with Crippen molar-refractivity contribution in [3.05, 3.63) is 71.2 Å². The zero-order chi connectivity index (χ0) is 19.1. The van der Waals surface area contributed by atoms with Crippen molar-refractivity contribution in [3.63, 3.8) is 0 Å². The van der Waals surface area contributed by atoms with Crippen molar-refractivity contribution in [2.45, 2.75) is 13.0 Å². The number of aromatic nitrogens is 3. The standard InChI is InChI=1S/C19H16FN5O2/c1-10-15(17(21)27)16(12-3-2-4-14(26)9-12)25-19(22-10)23-18(24-25)11-5-7-13(20)8-6-11/h2-9,16,26H,1H3,(H2,21,27)(H,22,23,24). The molecule has 4 N–H and O–H groups in total. The molecule has 1 aromatic heterocycles. The van der Waals surface area contributed by atoms with Crippen LogP contribution in [0, 0.1) is 5.82 Å². The van der Waals surface area contributed by atoms with Gasteiger partial charge >= 0.3 is 0 Å². The predicted octanol–water partition coefficient (Wildman–Crippen LogP) is 2.56. The zero-order valence-corrected chi connectivity index (χ0v) is 14.3. The van der Waals surface area contributed by atoms with Gasteiger partial charge in [0.15, 0.2) is 5.82 Å². The number of fused-ring (bicyclic) bond motifs is 1. The lowest BCUT2D eigenvalue weighted by Crippen LogP contribution is -2.31. The maximum absolute atomic E-state index is 13.2. The first-order valence-electron chi connectivity index (χ1n) is 8.23. The highest BCUT2D eigenvalue weighted by Crippen LogP contribution is 2.36. The second-order valence-corrected chi connectivity index (χ2v) is 6.24. The Balaban J connectivity index is 1.88. The van der Waals surface area contributed by atoms with E-state index >= 15 is 0 Å². The van der Waals surface area contributed by atoms with Gasteiger partial charge in [-0.2, -0.15) is 4.98 Å². The average Bonchev–Trinajstić information content (AvgIpc) is 3.04. The Morgan fingerprint density at radius 2 is 2.00 bits per heavy atom. The number of phenolic OH excluding ortho intramolecular Hbond substituents is 1. The van der Waals surface area contributed by atoms with Gasteiger partial charge in [0.25, 0.3) is 0 Å². The van der Waals surface area contributed by atoms with Crippen molar-refractivity contribution in [2.75, 3.05) is 5.32 Å². The molecule has 27 heavy (non-hydrogen) atoms. The molecule has 0 aliphatic carbocycles. The van der Waals surface area contributed by atoms with Crippen LogP contribution in [0.25, 0.3) is 11.4 Å². The average molecular weight is 365 g/mol. The molecular formula is C19H16FN5O2. The van der Waals surface area contributed by atoms with Gasteiger partial charge in [0.2, 0.25) is 11.9 Å². The highest BCUT2D eigenvalue weighted by Gasteiger charge is 2.33. The molecule has 0 radical (unpaired) electrons. The largest absolute Gasteiger partial charge is 0.508 e. The Bertz CT molecular complexity index is 1070. The number of hydrogen-bond acceptors (Lipinski definition) is 5. The third-order valence-corrected chi connectivity index (χ3v) is 4.41. The lowest BCUT2D eigenvalue weighted by molar-refractivity contribution is -0.115. The molecular weight excluding hydrogens is 349 g/mol. The van der Waals surface area contributed by atoms with E-state index < -0.39 is 11.9 Å². The van der Waals surface area contributed by atoms with Gasteiger partial charge in [-0.15, -0.1) is 5.10 Å². The summed E-state index contributed by atoms with van der Waals surface area (Å²) in [4.78, 5) is 16.6. The number of carbonyl (C=O) groups is 1. The van der Waals surface area contributed by atoms with Crippen molar-refractivity contribution in [1.82, 2.24) is 14.8 Å². The number of carbonyl (C=O) groups excluding carboxylic acids is 1. The molecule has 7 nitrogen and oxygen atoms in total. The summed E-state index contributed by atoms with van der Waals surface area (Å²) in [6, 6.07) is 11.7. The van der Waals surface area contributed by atoms with E-state index in [1.54, 1.807) is 41.9 Å². The van der Waals surface area contributed by atoms with Crippen molar-refractivity contribution in [3.8, 4) is 17.1 Å². The van der Waals surface area contributed by atoms with E-state index in [-0.39, 0.29) is 11.6 Å². The fourth-order valence-electron chi connectivity index (χ4n) is 3.19. The fraction of sp³-hybridized carbons (Fsp3) is 0.105. The highest BCUT2D eigenvalue weighted by molar-refractivity contribution is 5.95. The van der Waals surface area contributed by atoms with Crippen molar-refractivity contribution in [2.24, 2.45) is 5.73 Å². The molecule has 0 spiro atoms. The normalized spacial score (nSPS) is 16.0. The van der Waals surface area contributed by atoms with Crippen molar-refractivity contribution in [1.29, 1.82) is 0 Å². The van der Waals surface area contributed by atoms with E-state index in [1.165, 1.54) is 18.2 Å². The second-order valence-electron chi connectivity index (χ2n) is 6.24. The number of aromatic hydroxyl groups is 1. The summed E-state index contributed by atoms with van der Waals surface area (Å²) < 4.78 is 14.7. The molecule has 136 valence electrons. The van der Waals surface area contributed by atoms with E-state index in [0.29, 0.717) is 34.2 Å². The number of nitrogens with zero attached hydrogens (tertiary/aromatic N) is 3. The number of benzene rings is 2. The van der Waals surface area contributed by atoms with Gasteiger partial charge in [-0.1, -0.05) is 12.1 Å². The minimum absolute atomic E-state index is 0.0629. The number of allylic oxidation sites excluding steroid dienone is 1. The minimum atomic E-state index is -0.646. The maximum Gasteiger partial charge on any atom is 0.248 e. The van der Waals surface area contributed by atoms with Crippen LogP contribution < -0.4 is 11.1 Å². The molecule has 1 aliphatic rings. The number of halogens is 1. The number of nitrogens with one attached hydrogen (secondary N) is 1. The number of anilines is 1. The Labute approximate surface area is 154 Å². The molecule has 4 rings (SSSR count). The lowest BCUT2D eigenvalue weighted by Gasteiger charge is -2.27. The quantitative estimate of drug-likeness (QED) is 0.661. The monoisotopic (exact) mass is 365 g/mol. The van der Waals surface area contributed by atoms with Gasteiger partial charge < -0.3 is 16.2 Å². The fourth-order valence-corrected chi connectivity index (χ4v) is 3.19. The summed E-state index contributed by atoms with van der Waals surface area (Å²) >= 11 is 0. The molecule has 1 unspecified atom stereocenters. The molecule has 8 heteroatoms. The molecule has 1 atom stereocenters. The summed E-state index contributed by atoms with van der Waals surface area (Å²) in [6.07, 6.45) is 0.